The third-order valence-corrected chi connectivity index (χ3v) is 3.66. The number of hydrazine groups is 1. The van der Waals surface area contributed by atoms with Crippen LogP contribution in [-0.4, -0.2) is 23.8 Å². The summed E-state index contributed by atoms with van der Waals surface area (Å²) in [6, 6.07) is 16.3. The summed E-state index contributed by atoms with van der Waals surface area (Å²) in [5, 5.41) is 2.69. The van der Waals surface area contributed by atoms with Crippen LogP contribution in [0.5, 0.6) is 5.75 Å². The number of nitrogens with one attached hydrogen (secondary N) is 3. The minimum absolute atomic E-state index is 0.00597. The van der Waals surface area contributed by atoms with E-state index < -0.39 is 17.9 Å². The number of aryl methyl sites for hydroxylation is 1. The van der Waals surface area contributed by atoms with Crippen molar-refractivity contribution in [3.8, 4) is 5.75 Å². The number of ether oxygens (including phenoxy) is 1. The third kappa shape index (κ3) is 7.19. The van der Waals surface area contributed by atoms with Crippen LogP contribution in [-0.2, 0) is 14.4 Å². The summed E-state index contributed by atoms with van der Waals surface area (Å²) in [5.74, 6) is -0.669. The maximum Gasteiger partial charge on any atom is 0.279 e. The van der Waals surface area contributed by atoms with Crippen LogP contribution >= 0.6 is 0 Å². The Morgan fingerprint density at radius 3 is 2.19 bits per heavy atom. The molecule has 0 bridgehead atoms. The zero-order chi connectivity index (χ0) is 19.6. The number of amides is 3. The number of benzene rings is 2. The molecule has 0 saturated carbocycles. The molecule has 1 atom stereocenters. The maximum absolute atomic E-state index is 12.0. The summed E-state index contributed by atoms with van der Waals surface area (Å²) >= 11 is 0. The van der Waals surface area contributed by atoms with Gasteiger partial charge in [0.15, 0.2) is 6.10 Å². The molecule has 0 spiro atoms. The second-order valence-corrected chi connectivity index (χ2v) is 6.02. The summed E-state index contributed by atoms with van der Waals surface area (Å²) in [5.41, 5.74) is 6.32. The molecule has 27 heavy (non-hydrogen) atoms. The molecule has 0 fully saturated rings. The van der Waals surface area contributed by atoms with Gasteiger partial charge in [0.25, 0.3) is 5.91 Å². The highest BCUT2D eigenvalue weighted by atomic mass is 16.5. The van der Waals surface area contributed by atoms with E-state index in [9.17, 15) is 14.4 Å². The Balaban J connectivity index is 1.67. The van der Waals surface area contributed by atoms with Gasteiger partial charge in [0.05, 0.1) is 0 Å². The van der Waals surface area contributed by atoms with Gasteiger partial charge in [-0.3, -0.25) is 25.2 Å². The fourth-order valence-corrected chi connectivity index (χ4v) is 2.14. The molecule has 2 rings (SSSR count). The highest BCUT2D eigenvalue weighted by Crippen LogP contribution is 2.13. The van der Waals surface area contributed by atoms with Crippen molar-refractivity contribution >= 4 is 23.4 Å². The van der Waals surface area contributed by atoms with Crippen LogP contribution in [0, 0.1) is 6.92 Å². The highest BCUT2D eigenvalue weighted by molar-refractivity contribution is 5.93. The molecule has 0 radical (unpaired) electrons. The summed E-state index contributed by atoms with van der Waals surface area (Å²) in [4.78, 5) is 35.5. The first-order valence-corrected chi connectivity index (χ1v) is 8.61. The van der Waals surface area contributed by atoms with Gasteiger partial charge in [-0.15, -0.1) is 0 Å². The van der Waals surface area contributed by atoms with Gasteiger partial charge < -0.3 is 10.1 Å². The minimum atomic E-state index is -0.783. The van der Waals surface area contributed by atoms with Crippen LogP contribution in [0.1, 0.15) is 25.3 Å². The largest absolute Gasteiger partial charge is 0.481 e. The van der Waals surface area contributed by atoms with Crippen molar-refractivity contribution in [1.29, 1.82) is 0 Å². The van der Waals surface area contributed by atoms with E-state index in [1.165, 1.54) is 0 Å². The number of anilines is 1. The first-order valence-electron chi connectivity index (χ1n) is 8.61. The minimum Gasteiger partial charge on any atom is -0.481 e. The molecular weight excluding hydrogens is 346 g/mol. The van der Waals surface area contributed by atoms with Crippen LogP contribution in [0.2, 0.25) is 0 Å². The Morgan fingerprint density at radius 2 is 1.52 bits per heavy atom. The summed E-state index contributed by atoms with van der Waals surface area (Å²) in [6.45, 7) is 3.53. The number of rotatable bonds is 7. The summed E-state index contributed by atoms with van der Waals surface area (Å²) in [7, 11) is 0. The predicted octanol–water partition coefficient (Wildman–Crippen LogP) is 2.33. The standard InChI is InChI=1S/C20H23N3O4/c1-14-8-10-17(11-9-14)27-15(2)20(26)23-22-19(25)13-12-18(24)21-16-6-4-3-5-7-16/h3-11,15H,12-13H2,1-2H3,(H,21,24)(H,22,25)(H,23,26). The fourth-order valence-electron chi connectivity index (χ4n) is 2.14. The number of hydrogen-bond donors (Lipinski definition) is 3. The van der Waals surface area contributed by atoms with Crippen LogP contribution in [0.4, 0.5) is 5.69 Å². The molecule has 0 heterocycles. The zero-order valence-electron chi connectivity index (χ0n) is 15.3. The normalized spacial score (nSPS) is 11.2. The molecule has 7 nitrogen and oxygen atoms in total. The van der Waals surface area contributed by atoms with E-state index in [0.717, 1.165) is 5.56 Å². The van der Waals surface area contributed by atoms with Crippen LogP contribution in [0.25, 0.3) is 0 Å². The molecule has 7 heteroatoms. The first-order chi connectivity index (χ1) is 12.9. The first kappa shape index (κ1) is 20.0. The smallest absolute Gasteiger partial charge is 0.279 e. The number of carbonyl (C=O) groups excluding carboxylic acids is 3. The fraction of sp³-hybridized carbons (Fsp3) is 0.250. The Kier molecular flexibility index (Phi) is 7.37. The SMILES string of the molecule is Cc1ccc(OC(C)C(=O)NNC(=O)CCC(=O)Nc2ccccc2)cc1. The van der Waals surface area contributed by atoms with Crippen molar-refractivity contribution in [2.24, 2.45) is 0 Å². The van der Waals surface area contributed by atoms with E-state index in [4.69, 9.17) is 4.74 Å². The second kappa shape index (κ2) is 9.96. The Labute approximate surface area is 158 Å². The monoisotopic (exact) mass is 369 g/mol. The quantitative estimate of drug-likeness (QED) is 0.653. The lowest BCUT2D eigenvalue weighted by Gasteiger charge is -2.15. The maximum atomic E-state index is 12.0. The van der Waals surface area contributed by atoms with Crippen molar-refractivity contribution in [3.05, 3.63) is 60.2 Å². The van der Waals surface area contributed by atoms with Crippen molar-refractivity contribution in [3.63, 3.8) is 0 Å². The van der Waals surface area contributed by atoms with E-state index in [1.807, 2.05) is 25.1 Å². The Morgan fingerprint density at radius 1 is 0.889 bits per heavy atom. The van der Waals surface area contributed by atoms with Crippen LogP contribution in [0.3, 0.4) is 0 Å². The molecule has 0 aromatic heterocycles. The summed E-state index contributed by atoms with van der Waals surface area (Å²) in [6.07, 6.45) is -0.826. The van der Waals surface area contributed by atoms with Gasteiger partial charge in [-0.25, -0.2) is 0 Å². The highest BCUT2D eigenvalue weighted by Gasteiger charge is 2.15. The van der Waals surface area contributed by atoms with Gasteiger partial charge in [0, 0.05) is 18.5 Å². The van der Waals surface area contributed by atoms with Gasteiger partial charge >= 0.3 is 0 Å². The van der Waals surface area contributed by atoms with Gasteiger partial charge in [0.2, 0.25) is 11.8 Å². The number of hydrogen-bond acceptors (Lipinski definition) is 4. The van der Waals surface area contributed by atoms with Gasteiger partial charge in [-0.2, -0.15) is 0 Å². The lowest BCUT2D eigenvalue weighted by Crippen LogP contribution is -2.47. The second-order valence-electron chi connectivity index (χ2n) is 6.02. The molecule has 0 aliphatic rings. The van der Waals surface area contributed by atoms with Gasteiger partial charge in [-0.1, -0.05) is 35.9 Å². The molecular formula is C20H23N3O4. The molecule has 1 unspecified atom stereocenters. The molecule has 2 aromatic carbocycles. The predicted molar refractivity (Wildman–Crippen MR) is 102 cm³/mol. The van der Waals surface area contributed by atoms with Crippen molar-refractivity contribution < 1.29 is 19.1 Å². The van der Waals surface area contributed by atoms with Crippen molar-refractivity contribution in [1.82, 2.24) is 10.9 Å². The van der Waals surface area contributed by atoms with E-state index in [-0.39, 0.29) is 18.7 Å². The topological polar surface area (TPSA) is 96.5 Å². The molecule has 0 aliphatic heterocycles. The summed E-state index contributed by atoms with van der Waals surface area (Å²) < 4.78 is 5.50. The van der Waals surface area contributed by atoms with Gasteiger partial charge in [0.1, 0.15) is 5.75 Å². The third-order valence-electron chi connectivity index (χ3n) is 3.66. The van der Waals surface area contributed by atoms with E-state index in [2.05, 4.69) is 16.2 Å². The number of carbonyl (C=O) groups is 3. The zero-order valence-corrected chi connectivity index (χ0v) is 15.3. The molecule has 0 aliphatic carbocycles. The van der Waals surface area contributed by atoms with E-state index in [1.54, 1.807) is 43.3 Å². The van der Waals surface area contributed by atoms with E-state index >= 15 is 0 Å². The Hall–Kier alpha value is -3.35. The van der Waals surface area contributed by atoms with Crippen molar-refractivity contribution in [2.45, 2.75) is 32.8 Å². The molecule has 3 amide bonds. The average molecular weight is 369 g/mol. The van der Waals surface area contributed by atoms with Crippen LogP contribution in [0.15, 0.2) is 54.6 Å². The molecule has 2 aromatic rings. The van der Waals surface area contributed by atoms with Gasteiger partial charge in [-0.05, 0) is 38.1 Å². The Bertz CT molecular complexity index is 776. The van der Waals surface area contributed by atoms with Crippen molar-refractivity contribution in [2.75, 3.05) is 5.32 Å². The van der Waals surface area contributed by atoms with E-state index in [0.29, 0.717) is 11.4 Å². The molecule has 0 saturated heterocycles. The molecule has 142 valence electrons. The lowest BCUT2D eigenvalue weighted by molar-refractivity contribution is -0.133. The lowest BCUT2D eigenvalue weighted by atomic mass is 10.2. The molecule has 3 N–H and O–H groups in total. The average Bonchev–Trinajstić information content (AvgIpc) is 2.67. The number of para-hydroxylation sites is 1. The van der Waals surface area contributed by atoms with Crippen LogP contribution < -0.4 is 20.9 Å².